The molecule has 6 heteroatoms. The van der Waals surface area contributed by atoms with E-state index in [4.69, 9.17) is 27.4 Å². The van der Waals surface area contributed by atoms with Crippen LogP contribution in [0, 0.1) is 0 Å². The highest BCUT2D eigenvalue weighted by molar-refractivity contribution is 7.80. The number of methoxy groups -OCH3 is 1. The predicted octanol–water partition coefficient (Wildman–Crippen LogP) is 0.136. The largest absolute Gasteiger partial charge is 0.474 e. The lowest BCUT2D eigenvalue weighted by Gasteiger charge is -2.03. The zero-order chi connectivity index (χ0) is 10.4. The Balaban J connectivity index is 2.51. The normalized spacial score (nSPS) is 9.79. The molecule has 14 heavy (non-hydrogen) atoms. The first-order valence-corrected chi connectivity index (χ1v) is 4.38. The van der Waals surface area contributed by atoms with Crippen LogP contribution < -0.4 is 10.5 Å². The third-order valence-electron chi connectivity index (χ3n) is 1.42. The van der Waals surface area contributed by atoms with E-state index in [1.165, 1.54) is 12.4 Å². The van der Waals surface area contributed by atoms with Crippen molar-refractivity contribution in [2.45, 2.75) is 0 Å². The Morgan fingerprint density at radius 2 is 2.21 bits per heavy atom. The summed E-state index contributed by atoms with van der Waals surface area (Å²) in [5.41, 5.74) is 5.84. The Labute approximate surface area is 87.3 Å². The molecule has 0 aliphatic rings. The van der Waals surface area contributed by atoms with Gasteiger partial charge in [-0.25, -0.2) is 9.97 Å². The number of nitrogens with zero attached hydrogens (tertiary/aromatic N) is 2. The lowest BCUT2D eigenvalue weighted by Crippen LogP contribution is -2.12. The molecule has 0 bridgehead atoms. The van der Waals surface area contributed by atoms with Gasteiger partial charge in [0.25, 0.3) is 0 Å². The predicted molar refractivity (Wildman–Crippen MR) is 55.3 cm³/mol. The van der Waals surface area contributed by atoms with Crippen molar-refractivity contribution in [2.24, 2.45) is 5.73 Å². The molecule has 0 fully saturated rings. The van der Waals surface area contributed by atoms with Crippen molar-refractivity contribution in [3.8, 4) is 5.88 Å². The second-order valence-corrected chi connectivity index (χ2v) is 2.89. The number of ether oxygens (including phenoxy) is 2. The SMILES string of the molecule is COCCOc1cnc(C(N)=S)cn1. The molecule has 0 atom stereocenters. The van der Waals surface area contributed by atoms with Crippen LogP contribution in [0.4, 0.5) is 0 Å². The van der Waals surface area contributed by atoms with Crippen LogP contribution in [0.15, 0.2) is 12.4 Å². The summed E-state index contributed by atoms with van der Waals surface area (Å²) in [5, 5.41) is 0. The zero-order valence-corrected chi connectivity index (χ0v) is 8.58. The summed E-state index contributed by atoms with van der Waals surface area (Å²) in [4.78, 5) is 8.15. The smallest absolute Gasteiger partial charge is 0.232 e. The number of rotatable bonds is 5. The van der Waals surface area contributed by atoms with Crippen molar-refractivity contribution < 1.29 is 9.47 Å². The Bertz CT molecular complexity index is 302. The van der Waals surface area contributed by atoms with E-state index in [1.807, 2.05) is 0 Å². The van der Waals surface area contributed by atoms with E-state index in [1.54, 1.807) is 7.11 Å². The number of hydrogen-bond acceptors (Lipinski definition) is 5. The quantitative estimate of drug-likeness (QED) is 0.554. The Hall–Kier alpha value is -1.27. The van der Waals surface area contributed by atoms with Crippen molar-refractivity contribution in [3.05, 3.63) is 18.1 Å². The molecule has 0 aliphatic carbocycles. The Morgan fingerprint density at radius 1 is 1.43 bits per heavy atom. The summed E-state index contributed by atoms with van der Waals surface area (Å²) in [7, 11) is 1.60. The minimum atomic E-state index is 0.223. The van der Waals surface area contributed by atoms with Gasteiger partial charge in [0.1, 0.15) is 17.3 Å². The van der Waals surface area contributed by atoms with Crippen molar-refractivity contribution in [1.82, 2.24) is 9.97 Å². The van der Waals surface area contributed by atoms with Crippen LogP contribution in [-0.2, 0) is 4.74 Å². The van der Waals surface area contributed by atoms with E-state index >= 15 is 0 Å². The highest BCUT2D eigenvalue weighted by Crippen LogP contribution is 2.03. The monoisotopic (exact) mass is 213 g/mol. The third-order valence-corrected chi connectivity index (χ3v) is 1.63. The molecule has 1 aromatic heterocycles. The molecule has 0 unspecified atom stereocenters. The summed E-state index contributed by atoms with van der Waals surface area (Å²) < 4.78 is 10.0. The minimum Gasteiger partial charge on any atom is -0.474 e. The molecule has 0 aromatic carbocycles. The van der Waals surface area contributed by atoms with Gasteiger partial charge in [-0.05, 0) is 0 Å². The molecule has 0 saturated carbocycles. The molecule has 0 aliphatic heterocycles. The summed E-state index contributed by atoms with van der Waals surface area (Å²) >= 11 is 4.73. The molecule has 1 aromatic rings. The molecular formula is C8H11N3O2S. The summed E-state index contributed by atoms with van der Waals surface area (Å²) in [5.74, 6) is 0.432. The van der Waals surface area contributed by atoms with Crippen LogP contribution in [0.25, 0.3) is 0 Å². The van der Waals surface area contributed by atoms with E-state index in [9.17, 15) is 0 Å². The lowest BCUT2D eigenvalue weighted by atomic mass is 10.4. The van der Waals surface area contributed by atoms with E-state index in [0.29, 0.717) is 24.8 Å². The van der Waals surface area contributed by atoms with E-state index in [2.05, 4.69) is 9.97 Å². The van der Waals surface area contributed by atoms with Crippen LogP contribution in [0.2, 0.25) is 0 Å². The Kier molecular flexibility index (Phi) is 4.21. The van der Waals surface area contributed by atoms with Crippen LogP contribution in [0.5, 0.6) is 5.88 Å². The van der Waals surface area contributed by atoms with Gasteiger partial charge >= 0.3 is 0 Å². The van der Waals surface area contributed by atoms with Crippen molar-refractivity contribution in [3.63, 3.8) is 0 Å². The average molecular weight is 213 g/mol. The average Bonchev–Trinajstić information content (AvgIpc) is 2.19. The van der Waals surface area contributed by atoms with Gasteiger partial charge in [0.15, 0.2) is 0 Å². The standard InChI is InChI=1S/C8H11N3O2S/c1-12-2-3-13-7-5-10-6(4-11-7)8(9)14/h4-5H,2-3H2,1H3,(H2,9,14). The van der Waals surface area contributed by atoms with Gasteiger partial charge in [0.2, 0.25) is 5.88 Å². The minimum absolute atomic E-state index is 0.223. The second-order valence-electron chi connectivity index (χ2n) is 2.45. The van der Waals surface area contributed by atoms with Crippen molar-refractivity contribution in [2.75, 3.05) is 20.3 Å². The fourth-order valence-corrected chi connectivity index (χ4v) is 0.853. The lowest BCUT2D eigenvalue weighted by molar-refractivity contribution is 0.143. The molecule has 0 radical (unpaired) electrons. The Morgan fingerprint density at radius 3 is 2.71 bits per heavy atom. The van der Waals surface area contributed by atoms with Gasteiger partial charge in [-0.3, -0.25) is 0 Å². The molecule has 1 rings (SSSR count). The van der Waals surface area contributed by atoms with Gasteiger partial charge in [0.05, 0.1) is 19.0 Å². The highest BCUT2D eigenvalue weighted by atomic mass is 32.1. The van der Waals surface area contributed by atoms with Gasteiger partial charge in [0, 0.05) is 7.11 Å². The van der Waals surface area contributed by atoms with Crippen LogP contribution in [-0.4, -0.2) is 35.3 Å². The third kappa shape index (κ3) is 3.23. The van der Waals surface area contributed by atoms with Gasteiger partial charge in [-0.15, -0.1) is 0 Å². The first kappa shape index (κ1) is 10.8. The van der Waals surface area contributed by atoms with Gasteiger partial charge in [-0.1, -0.05) is 12.2 Å². The van der Waals surface area contributed by atoms with Crippen molar-refractivity contribution >= 4 is 17.2 Å². The summed E-state index contributed by atoms with van der Waals surface area (Å²) in [6, 6.07) is 0. The van der Waals surface area contributed by atoms with Crippen molar-refractivity contribution in [1.29, 1.82) is 0 Å². The number of aromatic nitrogens is 2. The first-order valence-electron chi connectivity index (χ1n) is 3.97. The fourth-order valence-electron chi connectivity index (χ4n) is 0.748. The van der Waals surface area contributed by atoms with Gasteiger partial charge in [-0.2, -0.15) is 0 Å². The summed E-state index contributed by atoms with van der Waals surface area (Å²) in [6.45, 7) is 0.955. The highest BCUT2D eigenvalue weighted by Gasteiger charge is 1.99. The first-order chi connectivity index (χ1) is 6.74. The molecule has 0 saturated heterocycles. The zero-order valence-electron chi connectivity index (χ0n) is 7.77. The maximum Gasteiger partial charge on any atom is 0.232 e. The molecule has 0 amide bonds. The van der Waals surface area contributed by atoms with Crippen LogP contribution >= 0.6 is 12.2 Å². The van der Waals surface area contributed by atoms with Gasteiger partial charge < -0.3 is 15.2 Å². The molecule has 1 heterocycles. The number of hydrogen-bond donors (Lipinski definition) is 1. The fraction of sp³-hybridized carbons (Fsp3) is 0.375. The second kappa shape index (κ2) is 5.46. The summed E-state index contributed by atoms with van der Waals surface area (Å²) in [6.07, 6.45) is 2.95. The molecule has 5 nitrogen and oxygen atoms in total. The molecular weight excluding hydrogens is 202 g/mol. The van der Waals surface area contributed by atoms with E-state index < -0.39 is 0 Å². The maximum absolute atomic E-state index is 5.35. The van der Waals surface area contributed by atoms with E-state index in [0.717, 1.165) is 0 Å². The molecule has 2 N–H and O–H groups in total. The van der Waals surface area contributed by atoms with Crippen LogP contribution in [0.3, 0.4) is 0 Å². The van der Waals surface area contributed by atoms with E-state index in [-0.39, 0.29) is 4.99 Å². The maximum atomic E-state index is 5.35. The molecule has 0 spiro atoms. The van der Waals surface area contributed by atoms with Crippen LogP contribution in [0.1, 0.15) is 5.69 Å². The topological polar surface area (TPSA) is 70.3 Å². The molecule has 76 valence electrons. The number of nitrogens with two attached hydrogens (primary N) is 1. The number of thiocarbonyl (C=S) groups is 1.